The van der Waals surface area contributed by atoms with Gasteiger partial charge < -0.3 is 14.7 Å². The molecule has 0 aliphatic carbocycles. The molecule has 1 aliphatic rings. The average molecular weight is 365 g/mol. The van der Waals surface area contributed by atoms with Crippen LogP contribution in [0.25, 0.3) is 5.76 Å². The number of hydrogen-bond acceptors (Lipinski definition) is 4. The Labute approximate surface area is 158 Å². The third-order valence-corrected chi connectivity index (χ3v) is 4.77. The van der Waals surface area contributed by atoms with E-state index in [0.717, 1.165) is 18.4 Å². The highest BCUT2D eigenvalue weighted by atomic mass is 16.5. The number of carbonyl (C=O) groups is 2. The molecule has 2 aromatic carbocycles. The number of likely N-dealkylation sites (tertiary alicyclic amines) is 1. The molecule has 5 heteroatoms. The zero-order valence-corrected chi connectivity index (χ0v) is 15.5. The lowest BCUT2D eigenvalue weighted by Gasteiger charge is -2.25. The number of benzene rings is 2. The predicted molar refractivity (Wildman–Crippen MR) is 103 cm³/mol. The quantitative estimate of drug-likeness (QED) is 0.479. The lowest BCUT2D eigenvalue weighted by atomic mass is 9.95. The highest BCUT2D eigenvalue weighted by Crippen LogP contribution is 2.39. The molecule has 0 spiro atoms. The number of methoxy groups -OCH3 is 1. The molecular weight excluding hydrogens is 342 g/mol. The van der Waals surface area contributed by atoms with Crippen molar-refractivity contribution in [3.8, 4) is 5.75 Å². The van der Waals surface area contributed by atoms with Crippen LogP contribution >= 0.6 is 0 Å². The summed E-state index contributed by atoms with van der Waals surface area (Å²) in [6, 6.07) is 15.5. The van der Waals surface area contributed by atoms with E-state index in [2.05, 4.69) is 0 Å². The summed E-state index contributed by atoms with van der Waals surface area (Å²) in [7, 11) is 1.56. The molecule has 1 heterocycles. The van der Waals surface area contributed by atoms with E-state index in [0.29, 0.717) is 17.9 Å². The Morgan fingerprint density at radius 2 is 1.74 bits per heavy atom. The van der Waals surface area contributed by atoms with Crippen LogP contribution in [-0.4, -0.2) is 35.4 Å². The zero-order valence-electron chi connectivity index (χ0n) is 15.5. The van der Waals surface area contributed by atoms with Crippen LogP contribution in [0.5, 0.6) is 5.75 Å². The van der Waals surface area contributed by atoms with Crippen LogP contribution in [0.2, 0.25) is 0 Å². The Hall–Kier alpha value is -3.08. The Kier molecular flexibility index (Phi) is 5.60. The summed E-state index contributed by atoms with van der Waals surface area (Å²) in [5.74, 6) is -0.723. The highest BCUT2D eigenvalue weighted by Gasteiger charge is 2.45. The van der Waals surface area contributed by atoms with Gasteiger partial charge in [0.15, 0.2) is 0 Å². The molecule has 0 radical (unpaired) electrons. The second-order valence-electron chi connectivity index (χ2n) is 6.49. The van der Waals surface area contributed by atoms with Gasteiger partial charge in [-0.3, -0.25) is 9.59 Å². The van der Waals surface area contributed by atoms with Gasteiger partial charge >= 0.3 is 0 Å². The van der Waals surface area contributed by atoms with Gasteiger partial charge in [0.1, 0.15) is 11.5 Å². The SMILES string of the molecule is CCCCN1C(=O)C(=O)C(=C(O)c2ccc(OC)cc2)[C@@H]1c1ccccc1. The van der Waals surface area contributed by atoms with Crippen molar-refractivity contribution in [3.05, 3.63) is 71.3 Å². The Bertz CT molecular complexity index is 856. The Morgan fingerprint density at radius 3 is 2.33 bits per heavy atom. The largest absolute Gasteiger partial charge is 0.507 e. The maximum absolute atomic E-state index is 12.8. The van der Waals surface area contributed by atoms with Gasteiger partial charge in [-0.05, 0) is 36.2 Å². The minimum Gasteiger partial charge on any atom is -0.507 e. The van der Waals surface area contributed by atoms with E-state index in [1.54, 1.807) is 36.3 Å². The summed E-state index contributed by atoms with van der Waals surface area (Å²) in [4.78, 5) is 27.0. The minimum absolute atomic E-state index is 0.132. The van der Waals surface area contributed by atoms with E-state index in [9.17, 15) is 14.7 Å². The molecule has 0 saturated carbocycles. The van der Waals surface area contributed by atoms with Gasteiger partial charge in [0.05, 0.1) is 18.7 Å². The Balaban J connectivity index is 2.11. The standard InChI is InChI=1S/C22H23NO4/c1-3-4-14-23-19(15-8-6-5-7-9-15)18(21(25)22(23)26)20(24)16-10-12-17(27-2)13-11-16/h5-13,19,24H,3-4,14H2,1-2H3/t19-/m0/s1. The first-order valence-corrected chi connectivity index (χ1v) is 9.06. The van der Waals surface area contributed by atoms with Crippen LogP contribution in [0.4, 0.5) is 0 Å². The van der Waals surface area contributed by atoms with E-state index in [-0.39, 0.29) is 11.3 Å². The molecule has 140 valence electrons. The summed E-state index contributed by atoms with van der Waals surface area (Å²) >= 11 is 0. The first-order chi connectivity index (χ1) is 13.1. The summed E-state index contributed by atoms with van der Waals surface area (Å²) in [5.41, 5.74) is 1.42. The second-order valence-corrected chi connectivity index (χ2v) is 6.49. The van der Waals surface area contributed by atoms with Crippen molar-refractivity contribution in [3.63, 3.8) is 0 Å². The number of unbranched alkanes of at least 4 members (excludes halogenated alkanes) is 1. The fraction of sp³-hybridized carbons (Fsp3) is 0.273. The van der Waals surface area contributed by atoms with E-state index in [1.165, 1.54) is 0 Å². The Morgan fingerprint density at radius 1 is 1.07 bits per heavy atom. The summed E-state index contributed by atoms with van der Waals surface area (Å²) < 4.78 is 5.14. The van der Waals surface area contributed by atoms with E-state index in [4.69, 9.17) is 4.74 Å². The number of ether oxygens (including phenoxy) is 1. The van der Waals surface area contributed by atoms with Crippen LogP contribution in [0, 0.1) is 0 Å². The molecule has 3 rings (SSSR count). The highest BCUT2D eigenvalue weighted by molar-refractivity contribution is 6.46. The minimum atomic E-state index is -0.645. The zero-order chi connectivity index (χ0) is 19.4. The van der Waals surface area contributed by atoms with Crippen LogP contribution in [0.15, 0.2) is 60.2 Å². The van der Waals surface area contributed by atoms with Crippen molar-refractivity contribution >= 4 is 17.4 Å². The molecule has 0 bridgehead atoms. The van der Waals surface area contributed by atoms with Crippen molar-refractivity contribution in [2.24, 2.45) is 0 Å². The smallest absolute Gasteiger partial charge is 0.295 e. The maximum Gasteiger partial charge on any atom is 0.295 e. The molecule has 0 unspecified atom stereocenters. The van der Waals surface area contributed by atoms with Crippen LogP contribution in [0.1, 0.15) is 36.9 Å². The monoisotopic (exact) mass is 365 g/mol. The molecule has 0 aromatic heterocycles. The van der Waals surface area contributed by atoms with Gasteiger partial charge in [-0.15, -0.1) is 0 Å². The van der Waals surface area contributed by atoms with Gasteiger partial charge in [0.2, 0.25) is 0 Å². The normalized spacial score (nSPS) is 18.7. The first kappa shape index (κ1) is 18.7. The van der Waals surface area contributed by atoms with E-state index in [1.807, 2.05) is 37.3 Å². The molecule has 1 aliphatic heterocycles. The molecule has 1 amide bonds. The number of ketones is 1. The maximum atomic E-state index is 12.8. The number of nitrogens with zero attached hydrogens (tertiary/aromatic N) is 1. The molecule has 1 saturated heterocycles. The lowest BCUT2D eigenvalue weighted by Crippen LogP contribution is -2.30. The number of hydrogen-bond donors (Lipinski definition) is 1. The fourth-order valence-corrected chi connectivity index (χ4v) is 3.33. The molecule has 1 N–H and O–H groups in total. The average Bonchev–Trinajstić information content (AvgIpc) is 2.97. The molecule has 27 heavy (non-hydrogen) atoms. The predicted octanol–water partition coefficient (Wildman–Crippen LogP) is 3.92. The molecule has 2 aromatic rings. The van der Waals surface area contributed by atoms with Gasteiger partial charge in [0, 0.05) is 12.1 Å². The third-order valence-electron chi connectivity index (χ3n) is 4.77. The molecule has 1 atom stereocenters. The van der Waals surface area contributed by atoms with Gasteiger partial charge in [-0.25, -0.2) is 0 Å². The van der Waals surface area contributed by atoms with Crippen molar-refractivity contribution in [1.29, 1.82) is 0 Å². The summed E-state index contributed by atoms with van der Waals surface area (Å²) in [6.07, 6.45) is 1.70. The third kappa shape index (κ3) is 3.58. The summed E-state index contributed by atoms with van der Waals surface area (Å²) in [5, 5.41) is 10.9. The topological polar surface area (TPSA) is 66.8 Å². The fourth-order valence-electron chi connectivity index (χ4n) is 3.33. The second kappa shape index (κ2) is 8.08. The number of Topliss-reactive ketones (excluding diaryl/α,β-unsaturated/α-hetero) is 1. The molecule has 1 fully saturated rings. The number of rotatable bonds is 6. The number of aliphatic hydroxyl groups excluding tert-OH is 1. The van der Waals surface area contributed by atoms with E-state index >= 15 is 0 Å². The van der Waals surface area contributed by atoms with Crippen LogP contribution in [-0.2, 0) is 9.59 Å². The molecule has 5 nitrogen and oxygen atoms in total. The number of aliphatic hydroxyl groups is 1. The van der Waals surface area contributed by atoms with Crippen molar-refractivity contribution in [2.75, 3.05) is 13.7 Å². The van der Waals surface area contributed by atoms with Gasteiger partial charge in [0.25, 0.3) is 11.7 Å². The van der Waals surface area contributed by atoms with Crippen molar-refractivity contribution in [1.82, 2.24) is 4.90 Å². The van der Waals surface area contributed by atoms with Crippen LogP contribution < -0.4 is 4.74 Å². The number of carbonyl (C=O) groups excluding carboxylic acids is 2. The first-order valence-electron chi connectivity index (χ1n) is 9.06. The summed E-state index contributed by atoms with van der Waals surface area (Å²) in [6.45, 7) is 2.51. The molecular formula is C22H23NO4. The van der Waals surface area contributed by atoms with E-state index < -0.39 is 17.7 Å². The van der Waals surface area contributed by atoms with Gasteiger partial charge in [-0.2, -0.15) is 0 Å². The van der Waals surface area contributed by atoms with Gasteiger partial charge in [-0.1, -0.05) is 43.7 Å². The van der Waals surface area contributed by atoms with Crippen molar-refractivity contribution in [2.45, 2.75) is 25.8 Å². The number of amides is 1. The lowest BCUT2D eigenvalue weighted by molar-refractivity contribution is -0.139. The van der Waals surface area contributed by atoms with Crippen LogP contribution in [0.3, 0.4) is 0 Å². The van der Waals surface area contributed by atoms with Crippen molar-refractivity contribution < 1.29 is 19.4 Å².